The largest absolute Gasteiger partial charge is 0.382 e. The van der Waals surface area contributed by atoms with E-state index < -0.39 is 5.60 Å². The highest BCUT2D eigenvalue weighted by Gasteiger charge is 2.40. The first-order valence-corrected chi connectivity index (χ1v) is 8.85. The highest BCUT2D eigenvalue weighted by Crippen LogP contribution is 2.31. The Kier molecular flexibility index (Phi) is 3.99. The summed E-state index contributed by atoms with van der Waals surface area (Å²) in [4.78, 5) is 14.7. The average molecular weight is 354 g/mol. The summed E-state index contributed by atoms with van der Waals surface area (Å²) in [6, 6.07) is 7.70. The number of aromatic nitrogens is 5. The molecule has 0 aliphatic carbocycles. The Morgan fingerprint density at radius 3 is 2.92 bits per heavy atom. The fourth-order valence-corrected chi connectivity index (χ4v) is 3.44. The first-order valence-electron chi connectivity index (χ1n) is 8.85. The average Bonchev–Trinajstić information content (AvgIpc) is 3.29. The monoisotopic (exact) mass is 354 g/mol. The molecule has 1 fully saturated rings. The molecule has 0 saturated carbocycles. The molecule has 8 heteroatoms. The molecule has 8 nitrogen and oxygen atoms in total. The highest BCUT2D eigenvalue weighted by molar-refractivity contribution is 6.04. The van der Waals surface area contributed by atoms with Crippen molar-refractivity contribution in [1.29, 1.82) is 0 Å². The second-order valence-corrected chi connectivity index (χ2v) is 7.16. The van der Waals surface area contributed by atoms with Gasteiger partial charge in [0, 0.05) is 18.0 Å². The number of carbonyl (C=O) groups is 1. The number of likely N-dealkylation sites (tertiary alicyclic amines) is 1. The number of carbonyl (C=O) groups excluding carboxylic acids is 1. The molecule has 1 aliphatic rings. The van der Waals surface area contributed by atoms with Gasteiger partial charge in [-0.05, 0) is 32.8 Å². The van der Waals surface area contributed by atoms with Crippen LogP contribution in [0, 0.1) is 0 Å². The van der Waals surface area contributed by atoms with Crippen molar-refractivity contribution in [3.8, 4) is 0 Å². The molecule has 1 aromatic carbocycles. The van der Waals surface area contributed by atoms with Crippen molar-refractivity contribution in [1.82, 2.24) is 30.1 Å². The van der Waals surface area contributed by atoms with Crippen LogP contribution in [0.4, 0.5) is 0 Å². The maximum Gasteiger partial charge on any atom is 0.275 e. The van der Waals surface area contributed by atoms with Crippen LogP contribution < -0.4 is 0 Å². The molecule has 1 amide bonds. The number of nitrogens with one attached hydrogen (secondary N) is 1. The highest BCUT2D eigenvalue weighted by atomic mass is 16.3. The van der Waals surface area contributed by atoms with E-state index in [0.29, 0.717) is 30.8 Å². The molecule has 3 aromatic rings. The first kappa shape index (κ1) is 16.7. The van der Waals surface area contributed by atoms with Gasteiger partial charge in [0.05, 0.1) is 18.3 Å². The van der Waals surface area contributed by atoms with E-state index in [-0.39, 0.29) is 18.5 Å². The zero-order valence-corrected chi connectivity index (χ0v) is 14.9. The molecule has 0 radical (unpaired) electrons. The lowest BCUT2D eigenvalue weighted by Gasteiger charge is -2.37. The molecular formula is C18H22N6O2. The lowest BCUT2D eigenvalue weighted by molar-refractivity contribution is -0.0321. The third-order valence-electron chi connectivity index (χ3n) is 4.95. The van der Waals surface area contributed by atoms with Crippen molar-refractivity contribution in [2.75, 3.05) is 13.1 Å². The van der Waals surface area contributed by atoms with Crippen molar-refractivity contribution in [3.05, 3.63) is 41.9 Å². The summed E-state index contributed by atoms with van der Waals surface area (Å²) in [5.74, 6) is -0.183. The molecule has 136 valence electrons. The lowest BCUT2D eigenvalue weighted by Crippen LogP contribution is -2.48. The van der Waals surface area contributed by atoms with Crippen LogP contribution in [0.25, 0.3) is 10.9 Å². The molecule has 2 aromatic heterocycles. The predicted molar refractivity (Wildman–Crippen MR) is 95.5 cm³/mol. The Bertz CT molecular complexity index is 946. The molecule has 2 N–H and O–H groups in total. The zero-order valence-electron chi connectivity index (χ0n) is 14.9. The van der Waals surface area contributed by atoms with E-state index in [2.05, 4.69) is 20.5 Å². The standard InChI is InChI=1S/C18H22N6O2/c1-12(2)24-10-15(20-22-24)18(26)8-5-9-23(11-18)17(25)16-13-6-3-4-7-14(13)19-21-16/h3-4,6-7,10,12,26H,5,8-9,11H2,1-2H3,(H,19,21)/t18-/m0/s1. The molecule has 0 bridgehead atoms. The van der Waals surface area contributed by atoms with Gasteiger partial charge in [-0.25, -0.2) is 4.68 Å². The molecule has 3 heterocycles. The van der Waals surface area contributed by atoms with Gasteiger partial charge >= 0.3 is 0 Å². The van der Waals surface area contributed by atoms with Crippen LogP contribution in [0.15, 0.2) is 30.5 Å². The third-order valence-corrected chi connectivity index (χ3v) is 4.95. The van der Waals surface area contributed by atoms with Crippen molar-refractivity contribution in [2.45, 2.75) is 38.3 Å². The summed E-state index contributed by atoms with van der Waals surface area (Å²) in [6.07, 6.45) is 3.01. The number of aliphatic hydroxyl groups is 1. The summed E-state index contributed by atoms with van der Waals surface area (Å²) in [5, 5.41) is 27.2. The molecule has 1 aliphatic heterocycles. The van der Waals surface area contributed by atoms with E-state index >= 15 is 0 Å². The van der Waals surface area contributed by atoms with Crippen LogP contribution in [-0.4, -0.2) is 54.2 Å². The number of β-amino-alcohol motifs (C(OH)–C–C–N with tert-alkyl or cyclic N) is 1. The number of fused-ring (bicyclic) bond motifs is 1. The van der Waals surface area contributed by atoms with Crippen molar-refractivity contribution in [3.63, 3.8) is 0 Å². The van der Waals surface area contributed by atoms with Crippen LogP contribution >= 0.6 is 0 Å². The van der Waals surface area contributed by atoms with E-state index in [0.717, 1.165) is 10.9 Å². The number of aromatic amines is 1. The number of benzene rings is 1. The van der Waals surface area contributed by atoms with Crippen molar-refractivity contribution < 1.29 is 9.90 Å². The molecule has 26 heavy (non-hydrogen) atoms. The quantitative estimate of drug-likeness (QED) is 0.748. The van der Waals surface area contributed by atoms with Gasteiger partial charge in [0.1, 0.15) is 11.3 Å². The molecule has 0 spiro atoms. The van der Waals surface area contributed by atoms with E-state index in [1.54, 1.807) is 15.8 Å². The van der Waals surface area contributed by atoms with Gasteiger partial charge < -0.3 is 10.0 Å². The topological polar surface area (TPSA) is 99.9 Å². The van der Waals surface area contributed by atoms with Gasteiger partial charge in [0.15, 0.2) is 5.69 Å². The summed E-state index contributed by atoms with van der Waals surface area (Å²) in [7, 11) is 0. The Morgan fingerprint density at radius 2 is 2.15 bits per heavy atom. The molecular weight excluding hydrogens is 332 g/mol. The van der Waals surface area contributed by atoms with Crippen LogP contribution in [0.1, 0.15) is 48.9 Å². The summed E-state index contributed by atoms with van der Waals surface area (Å²) < 4.78 is 1.72. The summed E-state index contributed by atoms with van der Waals surface area (Å²) in [5.41, 5.74) is 0.530. The van der Waals surface area contributed by atoms with E-state index in [9.17, 15) is 9.90 Å². The number of rotatable bonds is 3. The molecule has 0 unspecified atom stereocenters. The number of hydrogen-bond acceptors (Lipinski definition) is 5. The Morgan fingerprint density at radius 1 is 1.35 bits per heavy atom. The Hall–Kier alpha value is -2.74. The molecule has 1 atom stereocenters. The number of amides is 1. The minimum atomic E-state index is -1.19. The number of hydrogen-bond donors (Lipinski definition) is 2. The van der Waals surface area contributed by atoms with Crippen molar-refractivity contribution >= 4 is 16.8 Å². The zero-order chi connectivity index (χ0) is 18.3. The van der Waals surface area contributed by atoms with Gasteiger partial charge in [-0.15, -0.1) is 5.10 Å². The third kappa shape index (κ3) is 2.76. The summed E-state index contributed by atoms with van der Waals surface area (Å²) in [6.45, 7) is 4.77. The number of piperidine rings is 1. The summed E-state index contributed by atoms with van der Waals surface area (Å²) >= 11 is 0. The molecule has 1 saturated heterocycles. The maximum absolute atomic E-state index is 13.0. The van der Waals surface area contributed by atoms with Crippen LogP contribution in [0.2, 0.25) is 0 Å². The van der Waals surface area contributed by atoms with Gasteiger partial charge in [-0.1, -0.05) is 23.4 Å². The van der Waals surface area contributed by atoms with Crippen LogP contribution in [-0.2, 0) is 5.60 Å². The number of para-hydroxylation sites is 1. The fraction of sp³-hybridized carbons (Fsp3) is 0.444. The number of nitrogens with zero attached hydrogens (tertiary/aromatic N) is 5. The predicted octanol–water partition coefficient (Wildman–Crippen LogP) is 1.86. The normalized spacial score (nSPS) is 20.8. The van der Waals surface area contributed by atoms with Gasteiger partial charge in [-0.3, -0.25) is 9.89 Å². The Labute approximate surface area is 150 Å². The minimum Gasteiger partial charge on any atom is -0.382 e. The van der Waals surface area contributed by atoms with Gasteiger partial charge in [0.2, 0.25) is 0 Å². The van der Waals surface area contributed by atoms with Gasteiger partial charge in [-0.2, -0.15) is 5.10 Å². The molecule has 4 rings (SSSR count). The first-order chi connectivity index (χ1) is 12.5. The van der Waals surface area contributed by atoms with Crippen molar-refractivity contribution in [2.24, 2.45) is 0 Å². The Balaban J connectivity index is 1.60. The van der Waals surface area contributed by atoms with E-state index in [1.165, 1.54) is 0 Å². The lowest BCUT2D eigenvalue weighted by atomic mass is 9.89. The number of H-pyrrole nitrogens is 1. The second-order valence-electron chi connectivity index (χ2n) is 7.16. The van der Waals surface area contributed by atoms with Gasteiger partial charge in [0.25, 0.3) is 5.91 Å². The smallest absolute Gasteiger partial charge is 0.275 e. The second kappa shape index (κ2) is 6.21. The fourth-order valence-electron chi connectivity index (χ4n) is 3.44. The van der Waals surface area contributed by atoms with E-state index in [4.69, 9.17) is 0 Å². The van der Waals surface area contributed by atoms with Crippen LogP contribution in [0.3, 0.4) is 0 Å². The SMILES string of the molecule is CC(C)n1cc([C@]2(O)CCCN(C(=O)c3n[nH]c4ccccc34)C2)nn1. The van der Waals surface area contributed by atoms with E-state index in [1.807, 2.05) is 38.1 Å². The van der Waals surface area contributed by atoms with Crippen LogP contribution in [0.5, 0.6) is 0 Å². The minimum absolute atomic E-state index is 0.164. The maximum atomic E-state index is 13.0.